The maximum Gasteiger partial charge on any atom is 0.253 e. The smallest absolute Gasteiger partial charge is 0.253 e. The molecule has 94 valence electrons. The van der Waals surface area contributed by atoms with Crippen LogP contribution in [0, 0.1) is 5.82 Å². The highest BCUT2D eigenvalue weighted by Gasteiger charge is 2.13. The number of aromatic amines is 1. The lowest BCUT2D eigenvalue weighted by molar-refractivity contribution is 0.0951. The predicted octanol–water partition coefficient (Wildman–Crippen LogP) is 1.52. The molecule has 0 aliphatic carbocycles. The molecule has 3 N–H and O–H groups in total. The first kappa shape index (κ1) is 12.1. The van der Waals surface area contributed by atoms with Crippen LogP contribution >= 0.6 is 0 Å². The van der Waals surface area contributed by atoms with Crippen molar-refractivity contribution in [1.82, 2.24) is 15.5 Å². The largest absolute Gasteiger partial charge is 0.385 e. The summed E-state index contributed by atoms with van der Waals surface area (Å²) in [6.07, 6.45) is 3.30. The minimum absolute atomic E-state index is 0.196. The van der Waals surface area contributed by atoms with Crippen molar-refractivity contribution in [2.45, 2.75) is 6.54 Å². The molecule has 1 aromatic heterocycles. The number of benzene rings is 1. The Kier molecular flexibility index (Phi) is 3.57. The molecule has 1 aromatic carbocycles. The Bertz CT molecular complexity index is 539. The van der Waals surface area contributed by atoms with Gasteiger partial charge in [-0.2, -0.15) is 5.10 Å². The molecule has 2 rings (SSSR count). The fourth-order valence-electron chi connectivity index (χ4n) is 1.62. The highest BCUT2D eigenvalue weighted by molar-refractivity contribution is 5.99. The number of hydrogen-bond acceptors (Lipinski definition) is 3. The van der Waals surface area contributed by atoms with Gasteiger partial charge >= 0.3 is 0 Å². The van der Waals surface area contributed by atoms with E-state index in [4.69, 9.17) is 0 Å². The Hall–Kier alpha value is -2.37. The van der Waals surface area contributed by atoms with Crippen LogP contribution in [-0.2, 0) is 6.54 Å². The summed E-state index contributed by atoms with van der Waals surface area (Å²) in [5.74, 6) is -0.784. The van der Waals surface area contributed by atoms with Crippen LogP contribution in [0.3, 0.4) is 0 Å². The Morgan fingerprint density at radius 2 is 2.33 bits per heavy atom. The summed E-state index contributed by atoms with van der Waals surface area (Å²) in [4.78, 5) is 11.9. The van der Waals surface area contributed by atoms with Gasteiger partial charge in [-0.15, -0.1) is 0 Å². The Labute approximate surface area is 103 Å². The summed E-state index contributed by atoms with van der Waals surface area (Å²) >= 11 is 0. The molecule has 6 heteroatoms. The van der Waals surface area contributed by atoms with Gasteiger partial charge in [-0.05, 0) is 12.1 Å². The van der Waals surface area contributed by atoms with Crippen molar-refractivity contribution in [1.29, 1.82) is 0 Å². The van der Waals surface area contributed by atoms with Crippen molar-refractivity contribution >= 4 is 11.6 Å². The summed E-state index contributed by atoms with van der Waals surface area (Å²) < 4.78 is 13.5. The molecule has 0 saturated carbocycles. The molecule has 0 unspecified atom stereocenters. The van der Waals surface area contributed by atoms with Crippen LogP contribution in [0.2, 0.25) is 0 Å². The maximum absolute atomic E-state index is 13.5. The van der Waals surface area contributed by atoms with Crippen LogP contribution in [0.4, 0.5) is 10.1 Å². The number of amides is 1. The van der Waals surface area contributed by atoms with Crippen LogP contribution in [0.25, 0.3) is 0 Å². The van der Waals surface area contributed by atoms with E-state index in [0.717, 1.165) is 5.56 Å². The predicted molar refractivity (Wildman–Crippen MR) is 65.7 cm³/mol. The van der Waals surface area contributed by atoms with Gasteiger partial charge in [0.15, 0.2) is 0 Å². The first-order valence-corrected chi connectivity index (χ1v) is 5.44. The van der Waals surface area contributed by atoms with Gasteiger partial charge in [0.2, 0.25) is 0 Å². The van der Waals surface area contributed by atoms with Crippen molar-refractivity contribution in [3.63, 3.8) is 0 Å². The highest BCUT2D eigenvalue weighted by Crippen LogP contribution is 2.18. The zero-order valence-corrected chi connectivity index (χ0v) is 9.83. The number of anilines is 1. The van der Waals surface area contributed by atoms with E-state index in [2.05, 4.69) is 20.8 Å². The Morgan fingerprint density at radius 3 is 3.00 bits per heavy atom. The number of nitrogens with one attached hydrogen (secondary N) is 3. The number of rotatable bonds is 4. The molecular formula is C12H13FN4O. The molecule has 0 aliphatic rings. The van der Waals surface area contributed by atoms with Gasteiger partial charge in [0.25, 0.3) is 5.91 Å². The number of aromatic nitrogens is 2. The normalized spacial score (nSPS) is 10.1. The first-order valence-electron chi connectivity index (χ1n) is 5.44. The lowest BCUT2D eigenvalue weighted by Crippen LogP contribution is -2.23. The van der Waals surface area contributed by atoms with Crippen LogP contribution in [0.15, 0.2) is 30.6 Å². The van der Waals surface area contributed by atoms with E-state index in [1.54, 1.807) is 25.5 Å². The first-order chi connectivity index (χ1) is 8.72. The number of H-pyrrole nitrogens is 1. The summed E-state index contributed by atoms with van der Waals surface area (Å²) in [5.41, 5.74) is 1.33. The molecule has 0 atom stereocenters. The van der Waals surface area contributed by atoms with Gasteiger partial charge in [0.1, 0.15) is 5.82 Å². The van der Waals surface area contributed by atoms with E-state index in [1.807, 2.05) is 0 Å². The Balaban J connectivity index is 2.11. The molecule has 5 nitrogen and oxygen atoms in total. The second kappa shape index (κ2) is 5.31. The standard InChI is InChI=1S/C12H13FN4O/c1-14-11-9(3-2-4-10(11)13)12(18)15-5-8-6-16-17-7-8/h2-4,6-7,14H,5H2,1H3,(H,15,18)(H,16,17). The lowest BCUT2D eigenvalue weighted by atomic mass is 10.1. The zero-order chi connectivity index (χ0) is 13.0. The molecule has 0 saturated heterocycles. The van der Waals surface area contributed by atoms with E-state index < -0.39 is 5.82 Å². The molecule has 18 heavy (non-hydrogen) atoms. The SMILES string of the molecule is CNc1c(F)cccc1C(=O)NCc1cn[nH]c1. The third-order valence-corrected chi connectivity index (χ3v) is 2.52. The van der Waals surface area contributed by atoms with Crippen molar-refractivity contribution in [3.05, 3.63) is 47.5 Å². The van der Waals surface area contributed by atoms with Gasteiger partial charge in [0, 0.05) is 25.4 Å². The summed E-state index contributed by atoms with van der Waals surface area (Å²) in [6.45, 7) is 0.342. The van der Waals surface area contributed by atoms with E-state index in [0.29, 0.717) is 6.54 Å². The molecule has 0 spiro atoms. The molecule has 0 fully saturated rings. The van der Waals surface area contributed by atoms with Crippen LogP contribution < -0.4 is 10.6 Å². The zero-order valence-electron chi connectivity index (χ0n) is 9.83. The van der Waals surface area contributed by atoms with Crippen LogP contribution in [0.5, 0.6) is 0 Å². The molecular weight excluding hydrogens is 235 g/mol. The van der Waals surface area contributed by atoms with Crippen molar-refractivity contribution in [3.8, 4) is 0 Å². The average Bonchev–Trinajstić information content (AvgIpc) is 2.88. The van der Waals surface area contributed by atoms with Crippen LogP contribution in [-0.4, -0.2) is 23.2 Å². The minimum Gasteiger partial charge on any atom is -0.385 e. The summed E-state index contributed by atoms with van der Waals surface area (Å²) in [7, 11) is 1.57. The van der Waals surface area contributed by atoms with Crippen molar-refractivity contribution < 1.29 is 9.18 Å². The number of carbonyl (C=O) groups excluding carboxylic acids is 1. The van der Waals surface area contributed by atoms with Gasteiger partial charge < -0.3 is 10.6 Å². The average molecular weight is 248 g/mol. The third-order valence-electron chi connectivity index (χ3n) is 2.52. The van der Waals surface area contributed by atoms with Gasteiger partial charge in [0.05, 0.1) is 17.4 Å². The van der Waals surface area contributed by atoms with Gasteiger partial charge in [-0.3, -0.25) is 9.89 Å². The number of halogens is 1. The second-order valence-electron chi connectivity index (χ2n) is 3.70. The molecule has 0 bridgehead atoms. The van der Waals surface area contributed by atoms with E-state index >= 15 is 0 Å². The number of nitrogens with zero attached hydrogens (tertiary/aromatic N) is 1. The van der Waals surface area contributed by atoms with E-state index in [1.165, 1.54) is 12.1 Å². The molecule has 1 heterocycles. The van der Waals surface area contributed by atoms with Gasteiger partial charge in [-0.1, -0.05) is 6.07 Å². The summed E-state index contributed by atoms with van der Waals surface area (Å²) in [6, 6.07) is 4.38. The Morgan fingerprint density at radius 1 is 1.50 bits per heavy atom. The quantitative estimate of drug-likeness (QED) is 0.768. The second-order valence-corrected chi connectivity index (χ2v) is 3.70. The maximum atomic E-state index is 13.5. The highest BCUT2D eigenvalue weighted by atomic mass is 19.1. The lowest BCUT2D eigenvalue weighted by Gasteiger charge is -2.09. The molecule has 2 aromatic rings. The third kappa shape index (κ3) is 2.48. The number of carbonyl (C=O) groups is 1. The molecule has 1 amide bonds. The minimum atomic E-state index is -0.450. The molecule has 0 radical (unpaired) electrons. The number of para-hydroxylation sites is 1. The van der Waals surface area contributed by atoms with Crippen molar-refractivity contribution in [2.24, 2.45) is 0 Å². The van der Waals surface area contributed by atoms with E-state index in [-0.39, 0.29) is 17.2 Å². The topological polar surface area (TPSA) is 69.8 Å². The van der Waals surface area contributed by atoms with Crippen molar-refractivity contribution in [2.75, 3.05) is 12.4 Å². The number of hydrogen-bond donors (Lipinski definition) is 3. The fraction of sp³-hybridized carbons (Fsp3) is 0.167. The summed E-state index contributed by atoms with van der Waals surface area (Å²) in [5, 5.41) is 11.8. The monoisotopic (exact) mass is 248 g/mol. The van der Waals surface area contributed by atoms with Gasteiger partial charge in [-0.25, -0.2) is 4.39 Å². The fourth-order valence-corrected chi connectivity index (χ4v) is 1.62. The molecule has 0 aliphatic heterocycles. The van der Waals surface area contributed by atoms with Crippen LogP contribution in [0.1, 0.15) is 15.9 Å². The van der Waals surface area contributed by atoms with E-state index in [9.17, 15) is 9.18 Å².